The van der Waals surface area contributed by atoms with Crippen LogP contribution in [0.3, 0.4) is 0 Å². The number of halogens is 5. The molecule has 0 bridgehead atoms. The highest BCUT2D eigenvalue weighted by Crippen LogP contribution is 2.34. The van der Waals surface area contributed by atoms with Gasteiger partial charge in [0, 0.05) is 4.47 Å². The Balaban J connectivity index is 1.88. The molecule has 0 saturated carbocycles. The molecule has 2 aromatic rings. The zero-order chi connectivity index (χ0) is 20.9. The number of benzene rings is 2. The summed E-state index contributed by atoms with van der Waals surface area (Å²) in [5, 5.41) is 2.35. The van der Waals surface area contributed by atoms with Gasteiger partial charge >= 0.3 is 12.1 Å². The topological polar surface area (TPSA) is 64.6 Å². The second kappa shape index (κ2) is 9.29. The maximum Gasteiger partial charge on any atom is 0.418 e. The van der Waals surface area contributed by atoms with E-state index in [1.54, 1.807) is 19.1 Å². The smallest absolute Gasteiger partial charge is 0.418 e. The largest absolute Gasteiger partial charge is 0.480 e. The first-order valence-corrected chi connectivity index (χ1v) is 8.95. The van der Waals surface area contributed by atoms with Crippen molar-refractivity contribution in [1.29, 1.82) is 0 Å². The van der Waals surface area contributed by atoms with Crippen LogP contribution in [0.15, 0.2) is 40.9 Å². The average molecular weight is 481 g/mol. The third-order valence-electron chi connectivity index (χ3n) is 3.40. The lowest BCUT2D eigenvalue weighted by Crippen LogP contribution is -2.25. The second-order valence-electron chi connectivity index (χ2n) is 5.57. The molecule has 0 fully saturated rings. The highest BCUT2D eigenvalue weighted by Gasteiger charge is 2.33. The predicted molar refractivity (Wildman–Crippen MR) is 100 cm³/mol. The van der Waals surface area contributed by atoms with Crippen molar-refractivity contribution in [3.05, 3.63) is 57.0 Å². The van der Waals surface area contributed by atoms with Crippen LogP contribution in [0.2, 0.25) is 5.02 Å². The molecule has 0 radical (unpaired) electrons. The van der Waals surface area contributed by atoms with Crippen molar-refractivity contribution in [2.24, 2.45) is 0 Å². The van der Waals surface area contributed by atoms with Gasteiger partial charge in [-0.1, -0.05) is 39.7 Å². The van der Waals surface area contributed by atoms with Crippen molar-refractivity contribution in [3.8, 4) is 5.75 Å². The number of hydrogen-bond acceptors (Lipinski definition) is 4. The number of para-hydroxylation sites is 1. The summed E-state index contributed by atoms with van der Waals surface area (Å²) in [6, 6.07) is 7.79. The number of carbonyl (C=O) groups excluding carboxylic acids is 2. The van der Waals surface area contributed by atoms with E-state index in [1.807, 2.05) is 0 Å². The molecule has 2 rings (SSSR count). The highest BCUT2D eigenvalue weighted by molar-refractivity contribution is 9.10. The van der Waals surface area contributed by atoms with Crippen molar-refractivity contribution in [3.63, 3.8) is 0 Å². The third-order valence-corrected chi connectivity index (χ3v) is 4.14. The molecule has 0 atom stereocenters. The van der Waals surface area contributed by atoms with Gasteiger partial charge in [0.25, 0.3) is 5.91 Å². The zero-order valence-electron chi connectivity index (χ0n) is 14.4. The SMILES string of the molecule is Cc1cc(Br)cc(Cl)c1OCC(=O)OCC(=O)Nc1ccccc1C(F)(F)F. The lowest BCUT2D eigenvalue weighted by atomic mass is 10.1. The van der Waals surface area contributed by atoms with Crippen molar-refractivity contribution in [2.75, 3.05) is 18.5 Å². The minimum atomic E-state index is -4.63. The summed E-state index contributed by atoms with van der Waals surface area (Å²) in [5.41, 5.74) is -0.753. The monoisotopic (exact) mass is 479 g/mol. The first-order valence-electron chi connectivity index (χ1n) is 7.78. The summed E-state index contributed by atoms with van der Waals surface area (Å²) in [4.78, 5) is 23.5. The molecule has 150 valence electrons. The molecule has 0 aliphatic carbocycles. The Morgan fingerprint density at radius 3 is 2.50 bits per heavy atom. The van der Waals surface area contributed by atoms with Crippen LogP contribution < -0.4 is 10.1 Å². The van der Waals surface area contributed by atoms with Crippen molar-refractivity contribution in [2.45, 2.75) is 13.1 Å². The molecular weight excluding hydrogens is 467 g/mol. The van der Waals surface area contributed by atoms with E-state index in [-0.39, 0.29) is 10.8 Å². The van der Waals surface area contributed by atoms with E-state index >= 15 is 0 Å². The van der Waals surface area contributed by atoms with E-state index in [4.69, 9.17) is 21.1 Å². The number of alkyl halides is 3. The minimum absolute atomic E-state index is 0.279. The second-order valence-corrected chi connectivity index (χ2v) is 6.90. The van der Waals surface area contributed by atoms with Crippen molar-refractivity contribution < 1.29 is 32.2 Å². The molecule has 2 aromatic carbocycles. The van der Waals surface area contributed by atoms with Crippen LogP contribution >= 0.6 is 27.5 Å². The van der Waals surface area contributed by atoms with Gasteiger partial charge in [-0.05, 0) is 36.8 Å². The molecule has 0 aliphatic rings. The van der Waals surface area contributed by atoms with Crippen molar-refractivity contribution in [1.82, 2.24) is 0 Å². The van der Waals surface area contributed by atoms with Crippen molar-refractivity contribution >= 4 is 45.1 Å². The predicted octanol–water partition coefficient (Wildman–Crippen LogP) is 4.99. The third kappa shape index (κ3) is 6.13. The van der Waals surface area contributed by atoms with E-state index < -0.39 is 42.5 Å². The van der Waals surface area contributed by atoms with Crippen LogP contribution in [0.5, 0.6) is 5.75 Å². The van der Waals surface area contributed by atoms with Crippen LogP contribution in [0.1, 0.15) is 11.1 Å². The highest BCUT2D eigenvalue weighted by atomic mass is 79.9. The summed E-state index contributed by atoms with van der Waals surface area (Å²) in [5.74, 6) is -1.51. The fourth-order valence-corrected chi connectivity index (χ4v) is 3.24. The average Bonchev–Trinajstić information content (AvgIpc) is 2.58. The zero-order valence-corrected chi connectivity index (χ0v) is 16.7. The molecule has 0 unspecified atom stereocenters. The molecule has 28 heavy (non-hydrogen) atoms. The molecule has 10 heteroatoms. The van der Waals surface area contributed by atoms with Gasteiger partial charge in [0.05, 0.1) is 16.3 Å². The van der Waals surface area contributed by atoms with E-state index in [0.29, 0.717) is 5.56 Å². The molecule has 0 aliphatic heterocycles. The minimum Gasteiger partial charge on any atom is -0.480 e. The molecule has 0 heterocycles. The number of anilines is 1. The van der Waals surface area contributed by atoms with Crippen LogP contribution in [0.4, 0.5) is 18.9 Å². The van der Waals surface area contributed by atoms with E-state index in [9.17, 15) is 22.8 Å². The molecule has 0 saturated heterocycles. The van der Waals surface area contributed by atoms with E-state index in [0.717, 1.165) is 16.6 Å². The normalized spacial score (nSPS) is 11.1. The fraction of sp³-hybridized carbons (Fsp3) is 0.222. The Bertz CT molecular complexity index is 866. The first-order chi connectivity index (χ1) is 13.1. The number of amides is 1. The number of nitrogens with one attached hydrogen (secondary N) is 1. The maximum absolute atomic E-state index is 12.9. The summed E-state index contributed by atoms with van der Waals surface area (Å²) >= 11 is 9.29. The Morgan fingerprint density at radius 1 is 1.18 bits per heavy atom. The quantitative estimate of drug-likeness (QED) is 0.592. The lowest BCUT2D eigenvalue weighted by molar-refractivity contribution is -0.149. The molecule has 5 nitrogen and oxygen atoms in total. The van der Waals surface area contributed by atoms with Gasteiger partial charge in [0.1, 0.15) is 5.75 Å². The summed E-state index contributed by atoms with van der Waals surface area (Å²) in [6.07, 6.45) is -4.63. The van der Waals surface area contributed by atoms with Gasteiger partial charge in [-0.3, -0.25) is 4.79 Å². The number of hydrogen-bond donors (Lipinski definition) is 1. The van der Waals surface area contributed by atoms with E-state index in [1.165, 1.54) is 12.1 Å². The number of esters is 1. The van der Waals surface area contributed by atoms with Gasteiger partial charge < -0.3 is 14.8 Å². The molecule has 0 aromatic heterocycles. The molecule has 1 N–H and O–H groups in total. The van der Waals surface area contributed by atoms with Gasteiger partial charge in [0.15, 0.2) is 13.2 Å². The number of aryl methyl sites for hydroxylation is 1. The summed E-state index contributed by atoms with van der Waals surface area (Å²) < 4.78 is 49.4. The standard InChI is InChI=1S/C18H14BrClF3NO4/c1-10-6-11(19)7-13(20)17(10)28-9-16(26)27-8-15(25)24-14-5-3-2-4-12(14)18(21,22)23/h2-7H,8-9H2,1H3,(H,24,25). The van der Waals surface area contributed by atoms with Crippen LogP contribution in [-0.4, -0.2) is 25.1 Å². The maximum atomic E-state index is 12.9. The van der Waals surface area contributed by atoms with Gasteiger partial charge in [-0.25, -0.2) is 4.79 Å². The molecule has 0 spiro atoms. The molecular formula is C18H14BrClF3NO4. The lowest BCUT2D eigenvalue weighted by Gasteiger charge is -2.14. The van der Waals surface area contributed by atoms with Crippen LogP contribution in [0.25, 0.3) is 0 Å². The number of carbonyl (C=O) groups is 2. The summed E-state index contributed by atoms with van der Waals surface area (Å²) in [7, 11) is 0. The summed E-state index contributed by atoms with van der Waals surface area (Å²) in [6.45, 7) is 0.443. The number of rotatable bonds is 6. The Kier molecular flexibility index (Phi) is 7.31. The Hall–Kier alpha value is -2.26. The van der Waals surface area contributed by atoms with Gasteiger partial charge in [-0.15, -0.1) is 0 Å². The number of ether oxygens (including phenoxy) is 2. The first kappa shape index (κ1) is 22.0. The Labute approximate surface area is 171 Å². The van der Waals surface area contributed by atoms with Gasteiger partial charge in [0.2, 0.25) is 0 Å². The van der Waals surface area contributed by atoms with Crippen LogP contribution in [-0.2, 0) is 20.5 Å². The fourth-order valence-electron chi connectivity index (χ4n) is 2.22. The van der Waals surface area contributed by atoms with Crippen LogP contribution in [0, 0.1) is 6.92 Å². The molecule has 1 amide bonds. The van der Waals surface area contributed by atoms with E-state index in [2.05, 4.69) is 21.2 Å². The Morgan fingerprint density at radius 2 is 1.86 bits per heavy atom. The van der Waals surface area contributed by atoms with Gasteiger partial charge in [-0.2, -0.15) is 13.2 Å².